The molecule has 1 saturated heterocycles. The monoisotopic (exact) mass is 450 g/mol. The van der Waals surface area contributed by atoms with Crippen LogP contribution in [-0.4, -0.2) is 44.3 Å². The number of esters is 1. The number of carbonyl (C=O) groups excluding carboxylic acids is 2. The minimum absolute atomic E-state index is 0.0156. The van der Waals surface area contributed by atoms with Crippen molar-refractivity contribution in [2.24, 2.45) is 11.7 Å². The van der Waals surface area contributed by atoms with Crippen LogP contribution in [-0.2, 0) is 26.0 Å². The van der Waals surface area contributed by atoms with E-state index in [1.54, 1.807) is 0 Å². The number of carbonyl (C=O) groups is 2. The molecular weight excluding hydrogens is 428 g/mol. The Kier molecular flexibility index (Phi) is 7.12. The standard InChI is InChI=1S/C21H23ClN2O5S/c22-18-7-6-17(21(26)29-14-20(23)25)13-19(18)30(27,28)24-10-8-16(9-11-24)12-15-4-2-1-3-5-15/h1-7,13,16H,8-12,14H2,(H2,23,25). The van der Waals surface area contributed by atoms with Gasteiger partial charge in [0.25, 0.3) is 5.91 Å². The van der Waals surface area contributed by atoms with Gasteiger partial charge in [-0.3, -0.25) is 4.79 Å². The van der Waals surface area contributed by atoms with Gasteiger partial charge in [0.1, 0.15) is 4.90 Å². The molecule has 1 fully saturated rings. The van der Waals surface area contributed by atoms with Crippen molar-refractivity contribution in [3.63, 3.8) is 0 Å². The minimum atomic E-state index is -3.87. The predicted molar refractivity (Wildman–Crippen MR) is 113 cm³/mol. The summed E-state index contributed by atoms with van der Waals surface area (Å²) in [6.07, 6.45) is 2.40. The molecule has 0 atom stereocenters. The van der Waals surface area contributed by atoms with Crippen molar-refractivity contribution in [3.05, 3.63) is 64.7 Å². The lowest BCUT2D eigenvalue weighted by atomic mass is 9.91. The number of nitrogens with two attached hydrogens (primary N) is 1. The SMILES string of the molecule is NC(=O)COC(=O)c1ccc(Cl)c(S(=O)(=O)N2CCC(Cc3ccccc3)CC2)c1. The van der Waals surface area contributed by atoms with Gasteiger partial charge in [-0.25, -0.2) is 13.2 Å². The fourth-order valence-corrected chi connectivity index (χ4v) is 5.46. The van der Waals surface area contributed by atoms with Gasteiger partial charge >= 0.3 is 5.97 Å². The number of piperidine rings is 1. The van der Waals surface area contributed by atoms with E-state index in [9.17, 15) is 18.0 Å². The Morgan fingerprint density at radius 1 is 1.10 bits per heavy atom. The van der Waals surface area contributed by atoms with Crippen molar-refractivity contribution in [2.75, 3.05) is 19.7 Å². The molecule has 9 heteroatoms. The predicted octanol–water partition coefficient (Wildman–Crippen LogP) is 2.63. The zero-order chi connectivity index (χ0) is 21.7. The average molecular weight is 451 g/mol. The van der Waals surface area contributed by atoms with Gasteiger partial charge < -0.3 is 10.5 Å². The van der Waals surface area contributed by atoms with Crippen LogP contribution in [0.2, 0.25) is 5.02 Å². The maximum Gasteiger partial charge on any atom is 0.338 e. The minimum Gasteiger partial charge on any atom is -0.452 e. The van der Waals surface area contributed by atoms with E-state index in [1.807, 2.05) is 18.2 Å². The first-order valence-electron chi connectivity index (χ1n) is 9.56. The third-order valence-corrected chi connectivity index (χ3v) is 7.45. The molecule has 0 bridgehead atoms. The average Bonchev–Trinajstić information content (AvgIpc) is 2.73. The lowest BCUT2D eigenvalue weighted by molar-refractivity contribution is -0.121. The van der Waals surface area contributed by atoms with E-state index in [0.717, 1.165) is 19.3 Å². The number of ether oxygens (including phenoxy) is 1. The summed E-state index contributed by atoms with van der Waals surface area (Å²) in [5, 5.41) is 0.0212. The molecule has 1 heterocycles. The molecule has 2 aromatic rings. The van der Waals surface area contributed by atoms with Crippen molar-refractivity contribution < 1.29 is 22.7 Å². The smallest absolute Gasteiger partial charge is 0.338 e. The molecule has 3 rings (SSSR count). The second-order valence-electron chi connectivity index (χ2n) is 7.22. The summed E-state index contributed by atoms with van der Waals surface area (Å²) in [5.74, 6) is -1.24. The van der Waals surface area contributed by atoms with E-state index in [-0.39, 0.29) is 15.5 Å². The van der Waals surface area contributed by atoms with Gasteiger partial charge in [0, 0.05) is 13.1 Å². The molecule has 2 aromatic carbocycles. The zero-order valence-corrected chi connectivity index (χ0v) is 17.9. The Bertz CT molecular complexity index is 1020. The number of sulfonamides is 1. The van der Waals surface area contributed by atoms with Crippen molar-refractivity contribution in [3.8, 4) is 0 Å². The topological polar surface area (TPSA) is 107 Å². The summed E-state index contributed by atoms with van der Waals surface area (Å²) in [7, 11) is -3.87. The number of benzene rings is 2. The Morgan fingerprint density at radius 2 is 1.77 bits per heavy atom. The molecular formula is C21H23ClN2O5S. The molecule has 0 aromatic heterocycles. The number of amides is 1. The summed E-state index contributed by atoms with van der Waals surface area (Å²) in [6, 6.07) is 14.0. The van der Waals surface area contributed by atoms with E-state index >= 15 is 0 Å². The van der Waals surface area contributed by atoms with Crippen LogP contribution in [0, 0.1) is 5.92 Å². The molecule has 160 valence electrons. The van der Waals surface area contributed by atoms with Gasteiger partial charge in [0.15, 0.2) is 6.61 Å². The van der Waals surface area contributed by atoms with Gasteiger partial charge in [0.05, 0.1) is 10.6 Å². The van der Waals surface area contributed by atoms with Crippen molar-refractivity contribution in [1.29, 1.82) is 0 Å². The Balaban J connectivity index is 1.70. The molecule has 30 heavy (non-hydrogen) atoms. The van der Waals surface area contributed by atoms with Crippen LogP contribution in [0.3, 0.4) is 0 Å². The van der Waals surface area contributed by atoms with Crippen LogP contribution in [0.1, 0.15) is 28.8 Å². The maximum absolute atomic E-state index is 13.1. The summed E-state index contributed by atoms with van der Waals surface area (Å²) >= 11 is 6.14. The van der Waals surface area contributed by atoms with Crippen LogP contribution in [0.5, 0.6) is 0 Å². The summed E-state index contributed by atoms with van der Waals surface area (Å²) in [5.41, 5.74) is 6.18. The van der Waals surface area contributed by atoms with Gasteiger partial charge in [-0.2, -0.15) is 4.31 Å². The van der Waals surface area contributed by atoms with E-state index < -0.39 is 28.5 Å². The largest absolute Gasteiger partial charge is 0.452 e. The zero-order valence-electron chi connectivity index (χ0n) is 16.3. The Morgan fingerprint density at radius 3 is 2.40 bits per heavy atom. The molecule has 0 aliphatic carbocycles. The molecule has 0 unspecified atom stereocenters. The van der Waals surface area contributed by atoms with E-state index in [1.165, 1.54) is 28.1 Å². The third kappa shape index (κ3) is 5.38. The van der Waals surface area contributed by atoms with E-state index in [0.29, 0.717) is 19.0 Å². The van der Waals surface area contributed by atoms with Gasteiger partial charge in [-0.1, -0.05) is 41.9 Å². The molecule has 0 radical (unpaired) electrons. The highest BCUT2D eigenvalue weighted by molar-refractivity contribution is 7.89. The molecule has 0 saturated carbocycles. The third-order valence-electron chi connectivity index (χ3n) is 5.07. The van der Waals surface area contributed by atoms with Gasteiger partial charge in [0.2, 0.25) is 10.0 Å². The van der Waals surface area contributed by atoms with Gasteiger partial charge in [-0.15, -0.1) is 0 Å². The van der Waals surface area contributed by atoms with Crippen molar-refractivity contribution in [1.82, 2.24) is 4.31 Å². The highest BCUT2D eigenvalue weighted by Gasteiger charge is 2.31. The first-order chi connectivity index (χ1) is 14.3. The number of halogens is 1. The van der Waals surface area contributed by atoms with Crippen LogP contribution in [0.15, 0.2) is 53.4 Å². The molecule has 1 aliphatic rings. The Labute approximate surface area is 180 Å². The van der Waals surface area contributed by atoms with Crippen LogP contribution < -0.4 is 5.73 Å². The fraction of sp³-hybridized carbons (Fsp3) is 0.333. The number of nitrogens with zero attached hydrogens (tertiary/aromatic N) is 1. The van der Waals surface area contributed by atoms with Crippen LogP contribution >= 0.6 is 11.6 Å². The first kappa shape index (κ1) is 22.3. The molecule has 1 aliphatic heterocycles. The molecule has 7 nitrogen and oxygen atoms in total. The first-order valence-corrected chi connectivity index (χ1v) is 11.4. The molecule has 0 spiro atoms. The summed E-state index contributed by atoms with van der Waals surface area (Å²) in [6.45, 7) is 0.178. The number of rotatable bonds is 7. The van der Waals surface area contributed by atoms with Crippen molar-refractivity contribution >= 4 is 33.5 Å². The second-order valence-corrected chi connectivity index (χ2v) is 9.54. The van der Waals surface area contributed by atoms with Crippen LogP contribution in [0.4, 0.5) is 0 Å². The van der Waals surface area contributed by atoms with Crippen LogP contribution in [0.25, 0.3) is 0 Å². The lowest BCUT2D eigenvalue weighted by Gasteiger charge is -2.31. The molecule has 2 N–H and O–H groups in total. The summed E-state index contributed by atoms with van der Waals surface area (Å²) < 4.78 is 32.4. The summed E-state index contributed by atoms with van der Waals surface area (Å²) in [4.78, 5) is 22.7. The normalized spacial score (nSPS) is 15.6. The Hall–Kier alpha value is -2.42. The quantitative estimate of drug-likeness (QED) is 0.652. The molecule has 1 amide bonds. The highest BCUT2D eigenvalue weighted by atomic mass is 35.5. The number of hydrogen-bond acceptors (Lipinski definition) is 5. The number of hydrogen-bond donors (Lipinski definition) is 1. The fourth-order valence-electron chi connectivity index (χ4n) is 3.49. The van der Waals surface area contributed by atoms with Gasteiger partial charge in [-0.05, 0) is 48.9 Å². The van der Waals surface area contributed by atoms with Crippen molar-refractivity contribution in [2.45, 2.75) is 24.2 Å². The lowest BCUT2D eigenvalue weighted by Crippen LogP contribution is -2.39. The number of primary amides is 1. The highest BCUT2D eigenvalue weighted by Crippen LogP contribution is 2.30. The second kappa shape index (κ2) is 9.59. The van der Waals surface area contributed by atoms with E-state index in [2.05, 4.69) is 12.1 Å². The maximum atomic E-state index is 13.1. The van der Waals surface area contributed by atoms with E-state index in [4.69, 9.17) is 22.1 Å².